The molecule has 2 aromatic rings. The van der Waals surface area contributed by atoms with Crippen molar-refractivity contribution in [1.29, 1.82) is 0 Å². The van der Waals surface area contributed by atoms with Crippen LogP contribution in [0.5, 0.6) is 5.75 Å². The molecule has 0 aromatic heterocycles. The van der Waals surface area contributed by atoms with Crippen molar-refractivity contribution in [2.75, 3.05) is 19.0 Å². The van der Waals surface area contributed by atoms with E-state index in [1.807, 2.05) is 12.1 Å². The van der Waals surface area contributed by atoms with Crippen molar-refractivity contribution in [2.24, 2.45) is 5.92 Å². The fourth-order valence-electron chi connectivity index (χ4n) is 4.02. The van der Waals surface area contributed by atoms with Gasteiger partial charge in [-0.2, -0.15) is 0 Å². The summed E-state index contributed by atoms with van der Waals surface area (Å²) in [5.74, 6) is 1.39. The van der Waals surface area contributed by atoms with E-state index in [0.717, 1.165) is 18.8 Å². The van der Waals surface area contributed by atoms with Crippen LogP contribution in [0.3, 0.4) is 0 Å². The van der Waals surface area contributed by atoms with Gasteiger partial charge in [0.25, 0.3) is 0 Å². The normalized spacial score (nSPS) is 25.9. The van der Waals surface area contributed by atoms with E-state index in [4.69, 9.17) is 9.47 Å². The van der Waals surface area contributed by atoms with Crippen molar-refractivity contribution in [3.63, 3.8) is 0 Å². The van der Waals surface area contributed by atoms with E-state index in [9.17, 15) is 0 Å². The summed E-state index contributed by atoms with van der Waals surface area (Å²) in [6.07, 6.45) is 2.47. The molecule has 0 saturated carbocycles. The SMILES string of the molecule is COc1ccccc1[C@@H]1Nc2ccc(C)cc2[C@@H]2OCCC[C@H]12. The highest BCUT2D eigenvalue weighted by atomic mass is 16.5. The number of anilines is 1. The molecule has 0 radical (unpaired) electrons. The summed E-state index contributed by atoms with van der Waals surface area (Å²) in [6.45, 7) is 3.00. The molecule has 2 aliphatic rings. The van der Waals surface area contributed by atoms with Crippen molar-refractivity contribution in [3.05, 3.63) is 59.2 Å². The largest absolute Gasteiger partial charge is 0.496 e. The van der Waals surface area contributed by atoms with E-state index in [-0.39, 0.29) is 12.1 Å². The zero-order chi connectivity index (χ0) is 15.8. The Morgan fingerprint density at radius 1 is 1.13 bits per heavy atom. The molecule has 0 unspecified atom stereocenters. The summed E-state index contributed by atoms with van der Waals surface area (Å²) in [7, 11) is 1.74. The smallest absolute Gasteiger partial charge is 0.124 e. The van der Waals surface area contributed by atoms with Crippen LogP contribution in [-0.2, 0) is 4.74 Å². The fraction of sp³-hybridized carbons (Fsp3) is 0.400. The van der Waals surface area contributed by atoms with E-state index >= 15 is 0 Å². The second kappa shape index (κ2) is 5.89. The van der Waals surface area contributed by atoms with Crippen LogP contribution < -0.4 is 10.1 Å². The number of ether oxygens (including phenoxy) is 2. The third-order valence-electron chi connectivity index (χ3n) is 5.09. The zero-order valence-electron chi connectivity index (χ0n) is 13.7. The van der Waals surface area contributed by atoms with E-state index in [0.29, 0.717) is 5.92 Å². The molecule has 2 aromatic carbocycles. The molecule has 3 nitrogen and oxygen atoms in total. The summed E-state index contributed by atoms with van der Waals surface area (Å²) >= 11 is 0. The molecule has 3 heteroatoms. The minimum atomic E-state index is 0.176. The molecule has 0 aliphatic carbocycles. The summed E-state index contributed by atoms with van der Waals surface area (Å²) < 4.78 is 11.8. The van der Waals surface area contributed by atoms with E-state index in [1.54, 1.807) is 7.11 Å². The van der Waals surface area contributed by atoms with Gasteiger partial charge in [0.2, 0.25) is 0 Å². The topological polar surface area (TPSA) is 30.5 Å². The Kier molecular flexibility index (Phi) is 3.74. The van der Waals surface area contributed by atoms with Crippen LogP contribution in [0.4, 0.5) is 5.69 Å². The van der Waals surface area contributed by atoms with E-state index in [2.05, 4.69) is 42.6 Å². The summed E-state index contributed by atoms with van der Waals surface area (Å²) in [4.78, 5) is 0. The molecule has 0 bridgehead atoms. The lowest BCUT2D eigenvalue weighted by molar-refractivity contribution is -0.0383. The average Bonchev–Trinajstić information content (AvgIpc) is 2.61. The van der Waals surface area contributed by atoms with Crippen LogP contribution in [0.2, 0.25) is 0 Å². The molecule has 1 saturated heterocycles. The van der Waals surface area contributed by atoms with Crippen molar-refractivity contribution in [3.8, 4) is 5.75 Å². The van der Waals surface area contributed by atoms with Crippen LogP contribution in [0.25, 0.3) is 0 Å². The molecular weight excluding hydrogens is 286 g/mol. The van der Waals surface area contributed by atoms with Gasteiger partial charge in [0.1, 0.15) is 5.75 Å². The minimum absolute atomic E-state index is 0.176. The number of nitrogens with one attached hydrogen (secondary N) is 1. The third kappa shape index (κ3) is 2.49. The molecular formula is C20H23NO2. The van der Waals surface area contributed by atoms with Gasteiger partial charge in [0.05, 0.1) is 19.3 Å². The molecule has 23 heavy (non-hydrogen) atoms. The first-order valence-corrected chi connectivity index (χ1v) is 8.39. The molecule has 2 heterocycles. The number of aryl methyl sites for hydroxylation is 1. The van der Waals surface area contributed by atoms with Crippen LogP contribution in [0.1, 0.15) is 41.7 Å². The summed E-state index contributed by atoms with van der Waals surface area (Å²) in [5, 5.41) is 3.75. The van der Waals surface area contributed by atoms with Gasteiger partial charge >= 0.3 is 0 Å². The maximum atomic E-state index is 6.21. The Morgan fingerprint density at radius 3 is 2.87 bits per heavy atom. The number of rotatable bonds is 2. The molecule has 0 amide bonds. The zero-order valence-corrected chi connectivity index (χ0v) is 13.7. The molecule has 0 spiro atoms. The van der Waals surface area contributed by atoms with Gasteiger partial charge in [-0.05, 0) is 31.9 Å². The van der Waals surface area contributed by atoms with Crippen molar-refractivity contribution in [1.82, 2.24) is 0 Å². The first-order valence-electron chi connectivity index (χ1n) is 8.39. The fourth-order valence-corrected chi connectivity index (χ4v) is 4.02. The highest BCUT2D eigenvalue weighted by Crippen LogP contribution is 2.50. The van der Waals surface area contributed by atoms with Gasteiger partial charge in [-0.15, -0.1) is 0 Å². The predicted octanol–water partition coefficient (Wildman–Crippen LogP) is 4.64. The van der Waals surface area contributed by atoms with Crippen LogP contribution >= 0.6 is 0 Å². The lowest BCUT2D eigenvalue weighted by atomic mass is 9.77. The van der Waals surface area contributed by atoms with Crippen LogP contribution in [-0.4, -0.2) is 13.7 Å². The Bertz CT molecular complexity index is 713. The second-order valence-corrected chi connectivity index (χ2v) is 6.55. The monoisotopic (exact) mass is 309 g/mol. The van der Waals surface area contributed by atoms with Crippen LogP contribution in [0.15, 0.2) is 42.5 Å². The minimum Gasteiger partial charge on any atom is -0.496 e. The van der Waals surface area contributed by atoms with E-state index in [1.165, 1.54) is 28.8 Å². The second-order valence-electron chi connectivity index (χ2n) is 6.55. The number of methoxy groups -OCH3 is 1. The maximum Gasteiger partial charge on any atom is 0.124 e. The molecule has 1 fully saturated rings. The van der Waals surface area contributed by atoms with Gasteiger partial charge in [-0.25, -0.2) is 0 Å². The molecule has 120 valence electrons. The average molecular weight is 309 g/mol. The standard InChI is InChI=1S/C20H23NO2/c1-13-9-10-17-16(12-13)20-15(7-5-11-23-20)19(21-17)14-6-3-4-8-18(14)22-2/h3-4,6,8-10,12,15,19-21H,5,7,11H2,1-2H3/t15-,19+,20-/m1/s1. The van der Waals surface area contributed by atoms with Gasteiger partial charge in [-0.3, -0.25) is 0 Å². The van der Waals surface area contributed by atoms with Crippen molar-refractivity contribution in [2.45, 2.75) is 31.9 Å². The van der Waals surface area contributed by atoms with Crippen LogP contribution in [0, 0.1) is 12.8 Å². The highest BCUT2D eigenvalue weighted by molar-refractivity contribution is 5.59. The first-order chi connectivity index (χ1) is 11.3. The number of benzene rings is 2. The van der Waals surface area contributed by atoms with Gasteiger partial charge in [-0.1, -0.05) is 35.9 Å². The van der Waals surface area contributed by atoms with Gasteiger partial charge in [0, 0.05) is 29.3 Å². The quantitative estimate of drug-likeness (QED) is 0.876. The summed E-state index contributed by atoms with van der Waals surface area (Å²) in [5.41, 5.74) is 5.01. The lowest BCUT2D eigenvalue weighted by Crippen LogP contribution is -2.36. The first kappa shape index (κ1) is 14.6. The number of hydrogen-bond donors (Lipinski definition) is 1. The van der Waals surface area contributed by atoms with Gasteiger partial charge < -0.3 is 14.8 Å². The number of fused-ring (bicyclic) bond motifs is 3. The summed E-state index contributed by atoms with van der Waals surface area (Å²) in [6, 6.07) is 15.2. The molecule has 3 atom stereocenters. The highest BCUT2D eigenvalue weighted by Gasteiger charge is 2.40. The Labute approximate surface area is 137 Å². The van der Waals surface area contributed by atoms with Crippen molar-refractivity contribution < 1.29 is 9.47 Å². The Morgan fingerprint density at radius 2 is 2.00 bits per heavy atom. The molecule has 1 N–H and O–H groups in total. The van der Waals surface area contributed by atoms with E-state index < -0.39 is 0 Å². The number of para-hydroxylation sites is 1. The van der Waals surface area contributed by atoms with Gasteiger partial charge in [0.15, 0.2) is 0 Å². The maximum absolute atomic E-state index is 6.21. The predicted molar refractivity (Wildman–Crippen MR) is 92.0 cm³/mol. The third-order valence-corrected chi connectivity index (χ3v) is 5.09. The van der Waals surface area contributed by atoms with Crippen molar-refractivity contribution >= 4 is 5.69 Å². The lowest BCUT2D eigenvalue weighted by Gasteiger charge is -2.43. The Balaban J connectivity index is 1.80. The molecule has 4 rings (SSSR count). The Hall–Kier alpha value is -2.00. The molecule has 2 aliphatic heterocycles. The number of hydrogen-bond acceptors (Lipinski definition) is 3.